The van der Waals surface area contributed by atoms with Crippen molar-refractivity contribution in [3.05, 3.63) is 34.6 Å². The molecule has 1 heterocycles. The lowest BCUT2D eigenvalue weighted by molar-refractivity contribution is 0.353. The van der Waals surface area contributed by atoms with Crippen LogP contribution < -0.4 is 5.32 Å². The van der Waals surface area contributed by atoms with Crippen LogP contribution in [0.3, 0.4) is 0 Å². The predicted molar refractivity (Wildman–Crippen MR) is 111 cm³/mol. The first-order chi connectivity index (χ1) is 11.2. The standard InChI is InChI=1S/C16H23ClFN3O2S.HI/c1-4-19-15(20-10-12-13(17)6-5-7-14(12)18)21-8-9-24(22,23)16(2,3)11-21;/h5-7H,4,8-11H2,1-3H3,(H,19,20);1H. The van der Waals surface area contributed by atoms with Gasteiger partial charge in [0.15, 0.2) is 15.8 Å². The smallest absolute Gasteiger partial charge is 0.194 e. The maximum atomic E-state index is 13.9. The molecule has 1 aliphatic heterocycles. The van der Waals surface area contributed by atoms with E-state index in [-0.39, 0.29) is 36.3 Å². The van der Waals surface area contributed by atoms with E-state index in [1.807, 2.05) is 11.8 Å². The van der Waals surface area contributed by atoms with Crippen LogP contribution in [-0.2, 0) is 16.4 Å². The van der Waals surface area contributed by atoms with Crippen LogP contribution in [0.2, 0.25) is 5.02 Å². The number of nitrogens with one attached hydrogen (secondary N) is 1. The second kappa shape index (κ2) is 8.85. The molecule has 1 aliphatic rings. The number of aliphatic imine (C=N–C) groups is 1. The Hall–Kier alpha value is -0.610. The van der Waals surface area contributed by atoms with Gasteiger partial charge in [0.2, 0.25) is 0 Å². The van der Waals surface area contributed by atoms with E-state index in [4.69, 9.17) is 11.6 Å². The summed E-state index contributed by atoms with van der Waals surface area (Å²) in [7, 11) is -3.13. The predicted octanol–water partition coefficient (Wildman–Crippen LogP) is 3.07. The van der Waals surface area contributed by atoms with Gasteiger partial charge in [-0.1, -0.05) is 17.7 Å². The van der Waals surface area contributed by atoms with Crippen molar-refractivity contribution < 1.29 is 12.8 Å². The van der Waals surface area contributed by atoms with E-state index in [1.165, 1.54) is 6.07 Å². The Labute approximate surface area is 171 Å². The van der Waals surface area contributed by atoms with Crippen LogP contribution >= 0.6 is 35.6 Å². The highest BCUT2D eigenvalue weighted by Crippen LogP contribution is 2.24. The van der Waals surface area contributed by atoms with Gasteiger partial charge in [-0.2, -0.15) is 0 Å². The first kappa shape index (κ1) is 22.4. The van der Waals surface area contributed by atoms with Crippen LogP contribution in [0.4, 0.5) is 4.39 Å². The molecular weight excluding hydrogens is 480 g/mol. The van der Waals surface area contributed by atoms with E-state index < -0.39 is 20.4 Å². The maximum absolute atomic E-state index is 13.9. The Morgan fingerprint density at radius 3 is 2.68 bits per heavy atom. The molecule has 1 N–H and O–H groups in total. The van der Waals surface area contributed by atoms with Gasteiger partial charge in [0.05, 0.1) is 17.0 Å². The van der Waals surface area contributed by atoms with Gasteiger partial charge >= 0.3 is 0 Å². The Balaban J connectivity index is 0.00000312. The number of benzene rings is 1. The minimum Gasteiger partial charge on any atom is -0.357 e. The fourth-order valence-corrected chi connectivity index (χ4v) is 4.18. The van der Waals surface area contributed by atoms with Crippen molar-refractivity contribution in [2.75, 3.05) is 25.4 Å². The minimum absolute atomic E-state index is 0. The number of hydrogen-bond donors (Lipinski definition) is 1. The summed E-state index contributed by atoms with van der Waals surface area (Å²) in [5.74, 6) is 0.244. The number of rotatable bonds is 3. The lowest BCUT2D eigenvalue weighted by Crippen LogP contribution is -2.57. The van der Waals surface area contributed by atoms with E-state index in [1.54, 1.807) is 26.0 Å². The zero-order chi connectivity index (χ0) is 18.0. The number of sulfone groups is 1. The summed E-state index contributed by atoms with van der Waals surface area (Å²) in [6, 6.07) is 4.52. The van der Waals surface area contributed by atoms with Gasteiger partial charge in [0, 0.05) is 30.2 Å². The van der Waals surface area contributed by atoms with E-state index in [9.17, 15) is 12.8 Å². The average Bonchev–Trinajstić information content (AvgIpc) is 2.48. The molecule has 2 rings (SSSR count). The lowest BCUT2D eigenvalue weighted by Gasteiger charge is -2.39. The van der Waals surface area contributed by atoms with Gasteiger partial charge in [-0.05, 0) is 32.9 Å². The molecule has 142 valence electrons. The van der Waals surface area contributed by atoms with Gasteiger partial charge in [0.25, 0.3) is 0 Å². The second-order valence-corrected chi connectivity index (χ2v) is 9.52. The molecule has 0 bridgehead atoms. The average molecular weight is 504 g/mol. The topological polar surface area (TPSA) is 61.8 Å². The molecule has 0 amide bonds. The summed E-state index contributed by atoms with van der Waals surface area (Å²) in [4.78, 5) is 6.36. The third kappa shape index (κ3) is 5.19. The van der Waals surface area contributed by atoms with Gasteiger partial charge in [-0.15, -0.1) is 24.0 Å². The van der Waals surface area contributed by atoms with Gasteiger partial charge < -0.3 is 10.2 Å². The van der Waals surface area contributed by atoms with E-state index in [0.29, 0.717) is 36.2 Å². The SMILES string of the molecule is CCNC(=NCc1c(F)cccc1Cl)N1CCS(=O)(=O)C(C)(C)C1.I. The summed E-state index contributed by atoms with van der Waals surface area (Å²) < 4.78 is 37.3. The number of halogens is 3. The Morgan fingerprint density at radius 1 is 1.44 bits per heavy atom. The molecule has 0 aromatic heterocycles. The highest BCUT2D eigenvalue weighted by Gasteiger charge is 2.40. The Kier molecular flexibility index (Phi) is 7.94. The summed E-state index contributed by atoms with van der Waals surface area (Å²) in [5, 5.41) is 3.47. The molecule has 1 saturated heterocycles. The summed E-state index contributed by atoms with van der Waals surface area (Å²) in [5.41, 5.74) is 0.332. The quantitative estimate of drug-likeness (QED) is 0.391. The highest BCUT2D eigenvalue weighted by atomic mass is 127. The first-order valence-electron chi connectivity index (χ1n) is 7.86. The van der Waals surface area contributed by atoms with Crippen LogP contribution in [0, 0.1) is 5.82 Å². The van der Waals surface area contributed by atoms with Crippen LogP contribution in [0.15, 0.2) is 23.2 Å². The normalized spacial score (nSPS) is 19.2. The summed E-state index contributed by atoms with van der Waals surface area (Å²) >= 11 is 6.04. The van der Waals surface area contributed by atoms with Crippen molar-refractivity contribution in [1.82, 2.24) is 10.2 Å². The van der Waals surface area contributed by atoms with Gasteiger partial charge in [0.1, 0.15) is 5.82 Å². The van der Waals surface area contributed by atoms with E-state index in [0.717, 1.165) is 0 Å². The third-order valence-corrected chi connectivity index (χ3v) is 7.01. The molecule has 1 fully saturated rings. The molecule has 25 heavy (non-hydrogen) atoms. The molecule has 0 unspecified atom stereocenters. The van der Waals surface area contributed by atoms with Crippen molar-refractivity contribution >= 4 is 51.4 Å². The van der Waals surface area contributed by atoms with E-state index in [2.05, 4.69) is 10.3 Å². The minimum atomic E-state index is -3.13. The molecule has 0 atom stereocenters. The summed E-state index contributed by atoms with van der Waals surface area (Å²) in [6.45, 7) is 6.79. The van der Waals surface area contributed by atoms with Gasteiger partial charge in [-0.3, -0.25) is 0 Å². The maximum Gasteiger partial charge on any atom is 0.194 e. The molecule has 1 aromatic carbocycles. The fourth-order valence-electron chi connectivity index (χ4n) is 2.59. The zero-order valence-electron chi connectivity index (χ0n) is 14.6. The van der Waals surface area contributed by atoms with Crippen molar-refractivity contribution in [1.29, 1.82) is 0 Å². The molecule has 0 aliphatic carbocycles. The molecule has 0 saturated carbocycles. The number of nitrogens with zero attached hydrogens (tertiary/aromatic N) is 2. The molecule has 1 aromatic rings. The Morgan fingerprint density at radius 2 is 2.12 bits per heavy atom. The zero-order valence-corrected chi connectivity index (χ0v) is 18.5. The molecule has 0 spiro atoms. The van der Waals surface area contributed by atoms with Crippen molar-refractivity contribution in [2.24, 2.45) is 4.99 Å². The lowest BCUT2D eigenvalue weighted by atomic mass is 10.2. The van der Waals surface area contributed by atoms with Crippen LogP contribution in [0.1, 0.15) is 26.3 Å². The van der Waals surface area contributed by atoms with Crippen molar-refractivity contribution in [2.45, 2.75) is 32.1 Å². The van der Waals surface area contributed by atoms with Crippen LogP contribution in [0.5, 0.6) is 0 Å². The Bertz CT molecular complexity index is 721. The highest BCUT2D eigenvalue weighted by molar-refractivity contribution is 14.0. The van der Waals surface area contributed by atoms with Gasteiger partial charge in [-0.25, -0.2) is 17.8 Å². The molecule has 0 radical (unpaired) electrons. The monoisotopic (exact) mass is 503 g/mol. The van der Waals surface area contributed by atoms with E-state index >= 15 is 0 Å². The number of hydrogen-bond acceptors (Lipinski definition) is 3. The second-order valence-electron chi connectivity index (χ2n) is 6.37. The first-order valence-corrected chi connectivity index (χ1v) is 9.89. The van der Waals surface area contributed by atoms with Crippen LogP contribution in [0.25, 0.3) is 0 Å². The third-order valence-electron chi connectivity index (χ3n) is 4.13. The van der Waals surface area contributed by atoms with Crippen LogP contribution in [-0.4, -0.2) is 49.4 Å². The molecular formula is C16H24ClFIN3O2S. The molecule has 9 heteroatoms. The largest absolute Gasteiger partial charge is 0.357 e. The van der Waals surface area contributed by atoms with Crippen molar-refractivity contribution in [3.63, 3.8) is 0 Å². The molecule has 5 nitrogen and oxygen atoms in total. The summed E-state index contributed by atoms with van der Waals surface area (Å²) in [6.07, 6.45) is 0. The van der Waals surface area contributed by atoms with Crippen molar-refractivity contribution in [3.8, 4) is 0 Å². The number of guanidine groups is 1. The fraction of sp³-hybridized carbons (Fsp3) is 0.562.